The Morgan fingerprint density at radius 3 is 2.77 bits per heavy atom. The molecule has 3 aromatic rings. The molecule has 0 radical (unpaired) electrons. The fourth-order valence-corrected chi connectivity index (χ4v) is 3.60. The van der Waals surface area contributed by atoms with E-state index >= 15 is 0 Å². The molecule has 4 rings (SSSR count). The number of benzene rings is 2. The van der Waals surface area contributed by atoms with Gasteiger partial charge in [-0.2, -0.15) is 0 Å². The Morgan fingerprint density at radius 2 is 1.88 bits per heavy atom. The zero-order valence-electron chi connectivity index (χ0n) is 14.8. The van der Waals surface area contributed by atoms with E-state index in [1.807, 2.05) is 35.4 Å². The minimum Gasteiger partial charge on any atom is -0.341 e. The Kier molecular flexibility index (Phi) is 4.93. The summed E-state index contributed by atoms with van der Waals surface area (Å²) in [5.74, 6) is 0.245. The molecule has 2 aromatic carbocycles. The summed E-state index contributed by atoms with van der Waals surface area (Å²) in [7, 11) is 0. The molecule has 1 aromatic heterocycles. The zero-order chi connectivity index (χ0) is 17.8. The Balaban J connectivity index is 1.34. The van der Waals surface area contributed by atoms with Gasteiger partial charge in [-0.25, -0.2) is 0 Å². The SMILES string of the molecule is O=C1C[C@H](NCc2cccc3cccnc23)CN1CCc1ccccc1. The molecule has 0 bridgehead atoms. The highest BCUT2D eigenvalue weighted by atomic mass is 16.2. The molecule has 4 nitrogen and oxygen atoms in total. The average molecular weight is 345 g/mol. The first-order chi connectivity index (χ1) is 12.8. The Bertz CT molecular complexity index is 889. The van der Waals surface area contributed by atoms with E-state index in [0.717, 1.165) is 37.0 Å². The molecule has 132 valence electrons. The first-order valence-corrected chi connectivity index (χ1v) is 9.17. The zero-order valence-corrected chi connectivity index (χ0v) is 14.8. The smallest absolute Gasteiger partial charge is 0.224 e. The van der Waals surface area contributed by atoms with Crippen molar-refractivity contribution in [1.82, 2.24) is 15.2 Å². The van der Waals surface area contributed by atoms with E-state index in [4.69, 9.17) is 0 Å². The number of aromatic nitrogens is 1. The molecule has 4 heteroatoms. The van der Waals surface area contributed by atoms with Gasteiger partial charge in [0.15, 0.2) is 0 Å². The number of carbonyl (C=O) groups excluding carboxylic acids is 1. The van der Waals surface area contributed by atoms with Gasteiger partial charge in [0.05, 0.1) is 5.52 Å². The van der Waals surface area contributed by atoms with Crippen LogP contribution in [0.4, 0.5) is 0 Å². The highest BCUT2D eigenvalue weighted by molar-refractivity contribution is 5.81. The summed E-state index contributed by atoms with van der Waals surface area (Å²) in [5, 5.41) is 4.70. The highest BCUT2D eigenvalue weighted by Gasteiger charge is 2.28. The first-order valence-electron chi connectivity index (χ1n) is 9.17. The van der Waals surface area contributed by atoms with Crippen molar-refractivity contribution >= 4 is 16.8 Å². The lowest BCUT2D eigenvalue weighted by Gasteiger charge is -2.17. The number of likely N-dealkylation sites (tertiary alicyclic amines) is 1. The van der Waals surface area contributed by atoms with Gasteiger partial charge in [0, 0.05) is 43.7 Å². The predicted molar refractivity (Wildman–Crippen MR) is 104 cm³/mol. The van der Waals surface area contributed by atoms with Crippen molar-refractivity contribution in [2.24, 2.45) is 0 Å². The Morgan fingerprint density at radius 1 is 1.04 bits per heavy atom. The van der Waals surface area contributed by atoms with Crippen molar-refractivity contribution in [2.75, 3.05) is 13.1 Å². The van der Waals surface area contributed by atoms with Crippen LogP contribution >= 0.6 is 0 Å². The van der Waals surface area contributed by atoms with Gasteiger partial charge in [-0.3, -0.25) is 9.78 Å². The number of carbonyl (C=O) groups is 1. The van der Waals surface area contributed by atoms with Crippen LogP contribution in [-0.2, 0) is 17.8 Å². The molecule has 1 amide bonds. The Labute approximate surface area is 153 Å². The summed E-state index contributed by atoms with van der Waals surface area (Å²) >= 11 is 0. The second kappa shape index (κ2) is 7.67. The summed E-state index contributed by atoms with van der Waals surface area (Å²) in [5.41, 5.74) is 3.49. The molecule has 0 saturated carbocycles. The number of fused-ring (bicyclic) bond motifs is 1. The molecule has 1 saturated heterocycles. The van der Waals surface area contributed by atoms with Crippen LogP contribution in [0.1, 0.15) is 17.5 Å². The summed E-state index contributed by atoms with van der Waals surface area (Å²) in [6.07, 6.45) is 3.32. The third kappa shape index (κ3) is 3.75. The summed E-state index contributed by atoms with van der Waals surface area (Å²) in [6, 6.07) is 20.8. The normalized spacial score (nSPS) is 17.2. The molecule has 26 heavy (non-hydrogen) atoms. The lowest BCUT2D eigenvalue weighted by Crippen LogP contribution is -2.33. The lowest BCUT2D eigenvalue weighted by atomic mass is 10.1. The molecule has 1 N–H and O–H groups in total. The van der Waals surface area contributed by atoms with Crippen molar-refractivity contribution in [2.45, 2.75) is 25.4 Å². The molecule has 0 unspecified atom stereocenters. The number of amides is 1. The molecular weight excluding hydrogens is 322 g/mol. The van der Waals surface area contributed by atoms with Gasteiger partial charge in [-0.05, 0) is 23.6 Å². The maximum absolute atomic E-state index is 12.3. The fourth-order valence-electron chi connectivity index (χ4n) is 3.60. The number of hydrogen-bond donors (Lipinski definition) is 1. The minimum absolute atomic E-state index is 0.206. The first kappa shape index (κ1) is 16.7. The van der Waals surface area contributed by atoms with Gasteiger partial charge >= 0.3 is 0 Å². The monoisotopic (exact) mass is 345 g/mol. The largest absolute Gasteiger partial charge is 0.341 e. The van der Waals surface area contributed by atoms with Crippen LogP contribution in [0.2, 0.25) is 0 Å². The van der Waals surface area contributed by atoms with E-state index in [9.17, 15) is 4.79 Å². The average Bonchev–Trinajstić information content (AvgIpc) is 3.05. The van der Waals surface area contributed by atoms with E-state index in [2.05, 4.69) is 46.7 Å². The van der Waals surface area contributed by atoms with Gasteiger partial charge in [0.2, 0.25) is 5.91 Å². The van der Waals surface area contributed by atoms with Gasteiger partial charge in [0.25, 0.3) is 0 Å². The third-order valence-corrected chi connectivity index (χ3v) is 5.03. The van der Waals surface area contributed by atoms with Crippen LogP contribution in [0.3, 0.4) is 0 Å². The molecule has 2 heterocycles. The number of para-hydroxylation sites is 1. The van der Waals surface area contributed by atoms with Crippen molar-refractivity contribution in [3.8, 4) is 0 Å². The van der Waals surface area contributed by atoms with Crippen molar-refractivity contribution in [3.63, 3.8) is 0 Å². The molecule has 0 aliphatic carbocycles. The summed E-state index contributed by atoms with van der Waals surface area (Å²) in [4.78, 5) is 18.8. The predicted octanol–water partition coefficient (Wildman–Crippen LogP) is 3.17. The van der Waals surface area contributed by atoms with Crippen LogP contribution in [-0.4, -0.2) is 34.9 Å². The number of nitrogens with one attached hydrogen (secondary N) is 1. The molecule has 1 aliphatic heterocycles. The topological polar surface area (TPSA) is 45.2 Å². The number of pyridine rings is 1. The van der Waals surface area contributed by atoms with E-state index in [1.165, 1.54) is 11.1 Å². The lowest BCUT2D eigenvalue weighted by molar-refractivity contribution is -0.127. The second-order valence-corrected chi connectivity index (χ2v) is 6.85. The molecule has 1 atom stereocenters. The van der Waals surface area contributed by atoms with E-state index in [1.54, 1.807) is 0 Å². The van der Waals surface area contributed by atoms with Crippen molar-refractivity contribution in [3.05, 3.63) is 78.0 Å². The molecular formula is C22H23N3O. The molecule has 1 aliphatic rings. The fraction of sp³-hybridized carbons (Fsp3) is 0.273. The maximum Gasteiger partial charge on any atom is 0.224 e. The van der Waals surface area contributed by atoms with Gasteiger partial charge in [-0.1, -0.05) is 54.6 Å². The number of nitrogens with zero attached hydrogens (tertiary/aromatic N) is 2. The van der Waals surface area contributed by atoms with Gasteiger partial charge < -0.3 is 10.2 Å². The quantitative estimate of drug-likeness (QED) is 0.746. The molecule has 1 fully saturated rings. The number of hydrogen-bond acceptors (Lipinski definition) is 3. The highest BCUT2D eigenvalue weighted by Crippen LogP contribution is 2.17. The minimum atomic E-state index is 0.206. The van der Waals surface area contributed by atoms with Crippen LogP contribution < -0.4 is 5.32 Å². The van der Waals surface area contributed by atoms with E-state index in [-0.39, 0.29) is 11.9 Å². The number of rotatable bonds is 6. The van der Waals surface area contributed by atoms with E-state index < -0.39 is 0 Å². The summed E-state index contributed by atoms with van der Waals surface area (Å²) < 4.78 is 0. The molecule has 0 spiro atoms. The van der Waals surface area contributed by atoms with E-state index in [0.29, 0.717) is 6.42 Å². The van der Waals surface area contributed by atoms with Crippen LogP contribution in [0, 0.1) is 0 Å². The van der Waals surface area contributed by atoms with Crippen LogP contribution in [0.5, 0.6) is 0 Å². The van der Waals surface area contributed by atoms with Crippen molar-refractivity contribution < 1.29 is 4.79 Å². The summed E-state index contributed by atoms with van der Waals surface area (Å²) in [6.45, 7) is 2.31. The Hall–Kier alpha value is -2.72. The van der Waals surface area contributed by atoms with Crippen LogP contribution in [0.25, 0.3) is 10.9 Å². The van der Waals surface area contributed by atoms with Gasteiger partial charge in [-0.15, -0.1) is 0 Å². The van der Waals surface area contributed by atoms with Crippen molar-refractivity contribution in [1.29, 1.82) is 0 Å². The third-order valence-electron chi connectivity index (χ3n) is 5.03. The maximum atomic E-state index is 12.3. The van der Waals surface area contributed by atoms with Gasteiger partial charge in [0.1, 0.15) is 0 Å². The second-order valence-electron chi connectivity index (χ2n) is 6.85. The standard InChI is InChI=1S/C22H23N3O/c26-21-14-20(16-25(21)13-11-17-6-2-1-3-7-17)24-15-19-9-4-8-18-10-5-12-23-22(18)19/h1-10,12,20,24H,11,13-16H2/t20-/m0/s1. The van der Waals surface area contributed by atoms with Crippen LogP contribution in [0.15, 0.2) is 66.9 Å².